The molecule has 0 saturated heterocycles. The molecule has 0 spiro atoms. The van der Waals surface area contributed by atoms with Gasteiger partial charge in [-0.15, -0.1) is 0 Å². The van der Waals surface area contributed by atoms with Crippen LogP contribution in [0.25, 0.3) is 0 Å². The van der Waals surface area contributed by atoms with Gasteiger partial charge in [-0.3, -0.25) is 0 Å². The number of nitrogens with zero attached hydrogens (tertiary/aromatic N) is 2. The van der Waals surface area contributed by atoms with Crippen LogP contribution in [0.5, 0.6) is 0 Å². The van der Waals surface area contributed by atoms with Gasteiger partial charge in [0.05, 0.1) is 22.3 Å². The van der Waals surface area contributed by atoms with Gasteiger partial charge in [-0.05, 0) is 46.2 Å². The molecule has 3 rings (SSSR count). The Morgan fingerprint density at radius 2 is 1.22 bits per heavy atom. The minimum absolute atomic E-state index is 0.00829. The number of carbonyl (C=O) groups excluding carboxylic acids is 2. The van der Waals surface area contributed by atoms with Crippen LogP contribution in [0.2, 0.25) is 0 Å². The number of halogens is 1. The predicted molar refractivity (Wildman–Crippen MR) is 124 cm³/mol. The van der Waals surface area contributed by atoms with Crippen LogP contribution in [-0.4, -0.2) is 11.9 Å². The first kappa shape index (κ1) is 23.0. The molecular formula is C25H17IN2O4. The molecule has 7 heteroatoms. The lowest BCUT2D eigenvalue weighted by Crippen LogP contribution is -2.18. The van der Waals surface area contributed by atoms with Crippen LogP contribution in [0.4, 0.5) is 0 Å². The van der Waals surface area contributed by atoms with Gasteiger partial charge in [-0.2, -0.15) is 10.5 Å². The molecule has 0 saturated carbocycles. The lowest BCUT2D eigenvalue weighted by Gasteiger charge is -2.16. The maximum absolute atomic E-state index is 12.9. The summed E-state index contributed by atoms with van der Waals surface area (Å²) in [6.45, 7) is 1.54. The van der Waals surface area contributed by atoms with E-state index in [4.69, 9.17) is 9.47 Å². The predicted octanol–water partition coefficient (Wildman–Crippen LogP) is 5.06. The molecule has 0 atom stereocenters. The van der Waals surface area contributed by atoms with Crippen molar-refractivity contribution in [3.63, 3.8) is 0 Å². The van der Waals surface area contributed by atoms with E-state index in [-0.39, 0.29) is 44.6 Å². The fourth-order valence-electron chi connectivity index (χ4n) is 3.12. The molecule has 0 bridgehead atoms. The molecule has 0 N–H and O–H groups in total. The van der Waals surface area contributed by atoms with Crippen LogP contribution >= 0.6 is 22.6 Å². The lowest BCUT2D eigenvalue weighted by molar-refractivity contribution is 0.0468. The number of benzene rings is 3. The Labute approximate surface area is 199 Å². The quantitative estimate of drug-likeness (QED) is 0.323. The van der Waals surface area contributed by atoms with Crippen molar-refractivity contribution in [1.82, 2.24) is 0 Å². The topological polar surface area (TPSA) is 100 Å². The third-order valence-electron chi connectivity index (χ3n) is 4.75. The van der Waals surface area contributed by atoms with Gasteiger partial charge in [0, 0.05) is 3.57 Å². The van der Waals surface area contributed by atoms with Gasteiger partial charge in [-0.1, -0.05) is 60.7 Å². The van der Waals surface area contributed by atoms with Gasteiger partial charge in [0.15, 0.2) is 0 Å². The summed E-state index contributed by atoms with van der Waals surface area (Å²) in [6.07, 6.45) is 0. The first-order valence-corrected chi connectivity index (χ1v) is 10.6. The molecule has 0 fully saturated rings. The van der Waals surface area contributed by atoms with Gasteiger partial charge in [-0.25, -0.2) is 9.59 Å². The number of carbonyl (C=O) groups is 2. The van der Waals surface area contributed by atoms with E-state index in [1.807, 2.05) is 71.1 Å². The normalized spacial score (nSPS) is 10.0. The third kappa shape index (κ3) is 4.96. The highest BCUT2D eigenvalue weighted by Gasteiger charge is 2.30. The molecule has 158 valence electrons. The molecule has 0 aliphatic heterocycles. The van der Waals surface area contributed by atoms with Crippen molar-refractivity contribution in [3.8, 4) is 12.1 Å². The van der Waals surface area contributed by atoms with E-state index in [1.165, 1.54) is 0 Å². The van der Waals surface area contributed by atoms with E-state index >= 15 is 0 Å². The number of hydrogen-bond acceptors (Lipinski definition) is 6. The molecule has 0 amide bonds. The van der Waals surface area contributed by atoms with E-state index in [2.05, 4.69) is 0 Å². The zero-order valence-corrected chi connectivity index (χ0v) is 19.3. The van der Waals surface area contributed by atoms with Crippen LogP contribution in [0.3, 0.4) is 0 Å². The maximum Gasteiger partial charge on any atom is 0.340 e. The summed E-state index contributed by atoms with van der Waals surface area (Å²) in [5, 5.41) is 19.5. The van der Waals surface area contributed by atoms with Crippen LogP contribution < -0.4 is 0 Å². The highest BCUT2D eigenvalue weighted by Crippen LogP contribution is 2.30. The number of nitriles is 2. The number of rotatable bonds is 6. The van der Waals surface area contributed by atoms with Crippen LogP contribution in [0, 0.1) is 33.2 Å². The highest BCUT2D eigenvalue weighted by atomic mass is 127. The Hall–Kier alpha value is -3.69. The monoisotopic (exact) mass is 536 g/mol. The smallest absolute Gasteiger partial charge is 0.340 e. The van der Waals surface area contributed by atoms with Crippen molar-refractivity contribution in [3.05, 3.63) is 103 Å². The van der Waals surface area contributed by atoms with Gasteiger partial charge in [0.25, 0.3) is 0 Å². The Morgan fingerprint density at radius 3 is 1.66 bits per heavy atom. The fraction of sp³-hybridized carbons (Fsp3) is 0.120. The number of ether oxygens (including phenoxy) is 2. The van der Waals surface area contributed by atoms with E-state index in [1.54, 1.807) is 31.2 Å². The Kier molecular flexibility index (Phi) is 7.58. The Balaban J connectivity index is 1.98. The molecule has 6 nitrogen and oxygen atoms in total. The molecule has 0 radical (unpaired) electrons. The third-order valence-corrected chi connectivity index (χ3v) is 5.83. The van der Waals surface area contributed by atoms with E-state index < -0.39 is 11.9 Å². The lowest BCUT2D eigenvalue weighted by atomic mass is 9.93. The largest absolute Gasteiger partial charge is 0.457 e. The van der Waals surface area contributed by atoms with Crippen LogP contribution in [-0.2, 0) is 22.7 Å². The van der Waals surface area contributed by atoms with Crippen molar-refractivity contribution in [2.24, 2.45) is 0 Å². The minimum atomic E-state index is -0.789. The summed E-state index contributed by atoms with van der Waals surface area (Å²) in [5.74, 6) is -1.57. The summed E-state index contributed by atoms with van der Waals surface area (Å²) >= 11 is 1.83. The summed E-state index contributed by atoms with van der Waals surface area (Å²) in [4.78, 5) is 25.8. The first-order valence-electron chi connectivity index (χ1n) is 9.56. The maximum atomic E-state index is 12.9. The summed E-state index contributed by atoms with van der Waals surface area (Å²) < 4.78 is 11.0. The second-order valence-corrected chi connectivity index (χ2v) is 7.86. The summed E-state index contributed by atoms with van der Waals surface area (Å²) in [6, 6.07) is 22.1. The van der Waals surface area contributed by atoms with Gasteiger partial charge < -0.3 is 9.47 Å². The van der Waals surface area contributed by atoms with Crippen LogP contribution in [0.1, 0.15) is 48.5 Å². The standard InChI is InChI=1S/C25H17IN2O4/c1-16-19(12-27)23(26)22(25(30)32-15-18-10-6-3-7-11-18)20(13-28)21(16)24(29)31-14-17-8-4-2-5-9-17/h2-11H,14-15H2,1H3. The van der Waals surface area contributed by atoms with E-state index in [0.717, 1.165) is 11.1 Å². The van der Waals surface area contributed by atoms with Gasteiger partial charge in [0.1, 0.15) is 25.4 Å². The number of hydrogen-bond donors (Lipinski definition) is 0. The van der Waals surface area contributed by atoms with Crippen molar-refractivity contribution in [2.45, 2.75) is 20.1 Å². The summed E-state index contributed by atoms with van der Waals surface area (Å²) in [7, 11) is 0. The average Bonchev–Trinajstić information content (AvgIpc) is 2.82. The SMILES string of the molecule is Cc1c(C#N)c(I)c(C(=O)OCc2ccccc2)c(C#N)c1C(=O)OCc1ccccc1. The minimum Gasteiger partial charge on any atom is -0.457 e. The highest BCUT2D eigenvalue weighted by molar-refractivity contribution is 14.1. The molecule has 0 unspecified atom stereocenters. The first-order chi connectivity index (χ1) is 15.5. The zero-order chi connectivity index (χ0) is 23.1. The molecule has 3 aromatic carbocycles. The molecule has 0 heterocycles. The molecule has 3 aromatic rings. The Morgan fingerprint density at radius 1 is 0.781 bits per heavy atom. The molecule has 0 aliphatic rings. The summed E-state index contributed by atoms with van der Waals surface area (Å²) in [5.41, 5.74) is 1.57. The molecule has 32 heavy (non-hydrogen) atoms. The zero-order valence-electron chi connectivity index (χ0n) is 17.1. The molecule has 0 aliphatic carbocycles. The fourth-order valence-corrected chi connectivity index (χ4v) is 4.13. The second kappa shape index (κ2) is 10.6. The van der Waals surface area contributed by atoms with Crippen LogP contribution in [0.15, 0.2) is 60.7 Å². The number of esters is 2. The molecular weight excluding hydrogens is 519 g/mol. The van der Waals surface area contributed by atoms with Crippen molar-refractivity contribution in [1.29, 1.82) is 10.5 Å². The Bertz CT molecular complexity index is 1160. The molecule has 0 aromatic heterocycles. The van der Waals surface area contributed by atoms with Gasteiger partial charge in [0.2, 0.25) is 0 Å². The van der Waals surface area contributed by atoms with Crippen molar-refractivity contribution in [2.75, 3.05) is 0 Å². The second-order valence-electron chi connectivity index (χ2n) is 6.79. The van der Waals surface area contributed by atoms with Gasteiger partial charge >= 0.3 is 11.9 Å². The van der Waals surface area contributed by atoms with E-state index in [9.17, 15) is 20.1 Å². The van der Waals surface area contributed by atoms with E-state index in [0.29, 0.717) is 0 Å². The average molecular weight is 536 g/mol. The van der Waals surface area contributed by atoms with Crippen molar-refractivity contribution < 1.29 is 19.1 Å². The van der Waals surface area contributed by atoms with Crippen molar-refractivity contribution >= 4 is 34.5 Å².